The fourth-order valence-electron chi connectivity index (χ4n) is 9.72. The molecule has 0 spiro atoms. The first-order chi connectivity index (χ1) is 30.5. The number of aryl methyl sites for hydroxylation is 1. The number of likely N-dealkylation sites (tertiary alicyclic amines) is 1. The van der Waals surface area contributed by atoms with Crippen molar-refractivity contribution in [2.45, 2.75) is 110 Å². The molecule has 2 fully saturated rings. The lowest BCUT2D eigenvalue weighted by Crippen LogP contribution is -2.67. The Hall–Kier alpha value is -4.74. The Bertz CT molecular complexity index is 2340. The molecule has 0 unspecified atom stereocenters. The molecule has 7 rings (SSSR count). The van der Waals surface area contributed by atoms with Crippen molar-refractivity contribution < 1.29 is 28.7 Å². The fourth-order valence-corrected chi connectivity index (χ4v) is 10.6. The molecule has 4 aromatic rings. The van der Waals surface area contributed by atoms with E-state index in [0.717, 1.165) is 70.5 Å². The molecule has 0 saturated carbocycles. The van der Waals surface area contributed by atoms with Gasteiger partial charge in [0.1, 0.15) is 23.9 Å². The zero-order valence-corrected chi connectivity index (χ0v) is 40.1. The van der Waals surface area contributed by atoms with Crippen molar-refractivity contribution in [2.24, 2.45) is 11.3 Å². The van der Waals surface area contributed by atoms with Crippen LogP contribution in [0.5, 0.6) is 0 Å². The van der Waals surface area contributed by atoms with Gasteiger partial charge in [0.25, 0.3) is 5.91 Å². The minimum Gasteiger partial charge on any atom is -0.378 e. The minimum absolute atomic E-state index is 0.0516. The van der Waals surface area contributed by atoms with Crippen LogP contribution in [0.2, 0.25) is 0 Å². The summed E-state index contributed by atoms with van der Waals surface area (Å²) >= 11 is 1.43. The van der Waals surface area contributed by atoms with Crippen molar-refractivity contribution in [3.8, 4) is 22.5 Å². The zero-order valence-electron chi connectivity index (χ0n) is 39.3. The van der Waals surface area contributed by atoms with Gasteiger partial charge in [0.15, 0.2) is 0 Å². The van der Waals surface area contributed by atoms with E-state index < -0.39 is 23.5 Å². The molecule has 3 aliphatic rings. The molecule has 3 aliphatic heterocycles. The van der Waals surface area contributed by atoms with Crippen molar-refractivity contribution in [1.82, 2.24) is 45.0 Å². The van der Waals surface area contributed by atoms with Gasteiger partial charge in [0.05, 0.1) is 41.4 Å². The van der Waals surface area contributed by atoms with Gasteiger partial charge in [0, 0.05) is 86.4 Å². The number of thiazole rings is 1. The largest absolute Gasteiger partial charge is 0.378 e. The number of methoxy groups -OCH3 is 1. The second-order valence-electron chi connectivity index (χ2n) is 19.3. The number of rotatable bonds is 11. The first-order valence-corrected chi connectivity index (χ1v) is 23.6. The third-order valence-electron chi connectivity index (χ3n) is 13.1. The number of ether oxygens (including phenoxy) is 2. The summed E-state index contributed by atoms with van der Waals surface area (Å²) in [6, 6.07) is 8.52. The van der Waals surface area contributed by atoms with Gasteiger partial charge in [-0.15, -0.1) is 11.3 Å². The number of hydrazine groups is 1. The minimum atomic E-state index is -1.16. The predicted molar refractivity (Wildman–Crippen MR) is 250 cm³/mol. The zero-order chi connectivity index (χ0) is 46.1. The Kier molecular flexibility index (Phi) is 14.3. The molecular formula is C48H67N9O6S. The molecule has 2 saturated heterocycles. The van der Waals surface area contributed by atoms with E-state index in [9.17, 15) is 19.2 Å². The van der Waals surface area contributed by atoms with Crippen molar-refractivity contribution in [2.75, 3.05) is 61.1 Å². The van der Waals surface area contributed by atoms with Crippen LogP contribution in [0.15, 0.2) is 41.9 Å². The Morgan fingerprint density at radius 1 is 1.14 bits per heavy atom. The summed E-state index contributed by atoms with van der Waals surface area (Å²) in [6.45, 7) is 15.1. The van der Waals surface area contributed by atoms with Crippen LogP contribution in [-0.4, -0.2) is 143 Å². The SMILES string of the molecule is CCn1c(-c2cccnc2[C@H](C)OC)c2c3cc(ccc31)-c1csc(n1)C[C@H](NC(=O)[C@H](C(C)C)N(C)C(=O)N1CC[C@H]1CN(C)C)C(=O)N1CCC[C@](C=O)(COCC(C)(C)C2)N1. The lowest BCUT2D eigenvalue weighted by molar-refractivity contribution is -0.147. The van der Waals surface area contributed by atoms with Crippen molar-refractivity contribution in [3.63, 3.8) is 0 Å². The number of hydrogen-bond acceptors (Lipinski definition) is 11. The number of amides is 4. The van der Waals surface area contributed by atoms with Gasteiger partial charge in [-0.05, 0) is 94.8 Å². The van der Waals surface area contributed by atoms with Crippen LogP contribution in [0.1, 0.15) is 83.2 Å². The number of pyridine rings is 1. The second kappa shape index (κ2) is 19.4. The number of fused-ring (bicyclic) bond motifs is 6. The number of aldehydes is 1. The molecule has 2 N–H and O–H groups in total. The highest BCUT2D eigenvalue weighted by molar-refractivity contribution is 7.10. The number of hydrogen-bond donors (Lipinski definition) is 2. The van der Waals surface area contributed by atoms with Gasteiger partial charge in [-0.1, -0.05) is 33.8 Å². The van der Waals surface area contributed by atoms with E-state index >= 15 is 0 Å². The monoisotopic (exact) mass is 897 g/mol. The van der Waals surface area contributed by atoms with E-state index in [0.29, 0.717) is 44.0 Å². The number of nitrogens with one attached hydrogen (secondary N) is 2. The summed E-state index contributed by atoms with van der Waals surface area (Å²) in [5.41, 5.74) is 8.59. The maximum absolute atomic E-state index is 14.7. The third kappa shape index (κ3) is 9.62. The first-order valence-electron chi connectivity index (χ1n) is 22.7. The Balaban J connectivity index is 1.29. The van der Waals surface area contributed by atoms with Crippen LogP contribution < -0.4 is 10.7 Å². The van der Waals surface area contributed by atoms with Crippen LogP contribution >= 0.6 is 11.3 Å². The third-order valence-corrected chi connectivity index (χ3v) is 14.0. The number of carbonyl (C=O) groups is 4. The summed E-state index contributed by atoms with van der Waals surface area (Å²) in [6.07, 6.45) is 5.11. The van der Waals surface area contributed by atoms with Gasteiger partial charge >= 0.3 is 6.03 Å². The average Bonchev–Trinajstić information content (AvgIpc) is 3.85. The smallest absolute Gasteiger partial charge is 0.320 e. The maximum Gasteiger partial charge on any atom is 0.320 e. The molecule has 6 bridgehead atoms. The van der Waals surface area contributed by atoms with E-state index in [-0.39, 0.29) is 48.4 Å². The summed E-state index contributed by atoms with van der Waals surface area (Å²) in [7, 11) is 7.33. The van der Waals surface area contributed by atoms with Crippen LogP contribution in [0, 0.1) is 11.3 Å². The molecule has 5 atom stereocenters. The fraction of sp³-hybridized carbons (Fsp3) is 0.583. The molecular weight excluding hydrogens is 831 g/mol. The Morgan fingerprint density at radius 2 is 1.92 bits per heavy atom. The van der Waals surface area contributed by atoms with Gasteiger partial charge in [-0.2, -0.15) is 0 Å². The van der Waals surface area contributed by atoms with Gasteiger partial charge in [-0.3, -0.25) is 19.6 Å². The lowest BCUT2D eigenvalue weighted by atomic mass is 9.84. The first kappa shape index (κ1) is 47.2. The Morgan fingerprint density at radius 3 is 2.59 bits per heavy atom. The molecule has 16 heteroatoms. The van der Waals surface area contributed by atoms with Gasteiger partial charge < -0.3 is 38.9 Å². The molecule has 3 aromatic heterocycles. The average molecular weight is 898 g/mol. The van der Waals surface area contributed by atoms with E-state index in [1.165, 1.54) is 21.2 Å². The number of carbonyl (C=O) groups excluding carboxylic acids is 4. The summed E-state index contributed by atoms with van der Waals surface area (Å²) in [5, 5.41) is 8.30. The molecule has 0 aliphatic carbocycles. The van der Waals surface area contributed by atoms with Gasteiger partial charge in [0.2, 0.25) is 5.91 Å². The lowest BCUT2D eigenvalue weighted by Gasteiger charge is -2.45. The Labute approximate surface area is 381 Å². The molecule has 15 nitrogen and oxygen atoms in total. The summed E-state index contributed by atoms with van der Waals surface area (Å²) < 4.78 is 14.7. The van der Waals surface area contributed by atoms with E-state index in [1.54, 1.807) is 14.2 Å². The van der Waals surface area contributed by atoms with Gasteiger partial charge in [-0.25, -0.2) is 15.2 Å². The number of urea groups is 1. The highest BCUT2D eigenvalue weighted by atomic mass is 32.1. The number of benzene rings is 1. The predicted octanol–water partition coefficient (Wildman–Crippen LogP) is 5.96. The molecule has 4 amide bonds. The molecule has 6 heterocycles. The normalized spacial score (nSPS) is 22.5. The maximum atomic E-state index is 14.7. The number of likely N-dealkylation sites (N-methyl/N-ethyl adjacent to an activating group) is 2. The highest BCUT2D eigenvalue weighted by Gasteiger charge is 2.43. The molecule has 0 radical (unpaired) electrons. The quantitative estimate of drug-likeness (QED) is 0.173. The summed E-state index contributed by atoms with van der Waals surface area (Å²) in [5.74, 6) is -1.07. The standard InChI is InChI=1S/C48H67N9O6S/c1-11-55-39-16-15-32-22-35(39)36(43(55)34-14-12-19-49-41(34)31(4)62-10)24-47(5,6)28-63-29-48(27-58)18-13-20-57(52-48)45(60)37(23-40-50-38(32)26-64-40)51-44(59)42(30(2)3)54(9)46(61)56-21-17-33(56)25-53(7)8/h12,14-16,19,22,26-27,30-31,33,37,42,52H,11,13,17-18,20-21,23-25,28-29H2,1-10H3,(H,51,59)/t31-,33-,37-,42-,48-/m0/s1. The van der Waals surface area contributed by atoms with Crippen LogP contribution in [-0.2, 0) is 43.2 Å². The van der Waals surface area contributed by atoms with Crippen molar-refractivity contribution >= 4 is 46.4 Å². The second-order valence-corrected chi connectivity index (χ2v) is 20.2. The van der Waals surface area contributed by atoms with E-state index in [4.69, 9.17) is 19.4 Å². The topological polar surface area (TPSA) is 154 Å². The van der Waals surface area contributed by atoms with Crippen molar-refractivity contribution in [1.29, 1.82) is 0 Å². The van der Waals surface area contributed by atoms with Crippen LogP contribution in [0.4, 0.5) is 4.79 Å². The molecule has 1 aromatic carbocycles. The van der Waals surface area contributed by atoms with E-state index in [2.05, 4.69) is 65.2 Å². The van der Waals surface area contributed by atoms with Crippen LogP contribution in [0.25, 0.3) is 33.4 Å². The van der Waals surface area contributed by atoms with Crippen LogP contribution in [0.3, 0.4) is 0 Å². The molecule has 346 valence electrons. The van der Waals surface area contributed by atoms with E-state index in [1.807, 2.05) is 57.4 Å². The highest BCUT2D eigenvalue weighted by Crippen LogP contribution is 2.42. The molecule has 64 heavy (non-hydrogen) atoms. The summed E-state index contributed by atoms with van der Waals surface area (Å²) in [4.78, 5) is 71.5. The number of aromatic nitrogens is 3. The number of nitrogens with zero attached hydrogens (tertiary/aromatic N) is 7. The van der Waals surface area contributed by atoms with Crippen molar-refractivity contribution in [3.05, 3.63) is 58.2 Å².